The molecular formula is C14H13F2NS. The summed E-state index contributed by atoms with van der Waals surface area (Å²) in [6.45, 7) is 1.93. The Balaban J connectivity index is 2.13. The van der Waals surface area contributed by atoms with E-state index in [0.717, 1.165) is 16.0 Å². The zero-order valence-corrected chi connectivity index (χ0v) is 10.7. The van der Waals surface area contributed by atoms with Crippen molar-refractivity contribution >= 4 is 17.4 Å². The summed E-state index contributed by atoms with van der Waals surface area (Å²) in [6, 6.07) is 9.09. The van der Waals surface area contributed by atoms with Crippen molar-refractivity contribution in [1.29, 1.82) is 0 Å². The molecule has 0 fully saturated rings. The van der Waals surface area contributed by atoms with Crippen molar-refractivity contribution in [3.63, 3.8) is 0 Å². The van der Waals surface area contributed by atoms with Gasteiger partial charge in [0.05, 0.1) is 0 Å². The highest BCUT2D eigenvalue weighted by Crippen LogP contribution is 2.27. The van der Waals surface area contributed by atoms with Gasteiger partial charge in [0.1, 0.15) is 11.6 Å². The quantitative estimate of drug-likeness (QED) is 0.666. The Kier molecular flexibility index (Phi) is 3.87. The van der Waals surface area contributed by atoms with E-state index in [2.05, 4.69) is 0 Å². The molecule has 0 amide bonds. The number of nitrogen functional groups attached to an aromatic ring is 1. The Bertz CT molecular complexity index is 549. The van der Waals surface area contributed by atoms with Crippen molar-refractivity contribution in [2.24, 2.45) is 0 Å². The molecule has 0 saturated carbocycles. The number of hydrogen-bond donors (Lipinski definition) is 1. The Morgan fingerprint density at radius 3 is 2.56 bits per heavy atom. The lowest BCUT2D eigenvalue weighted by Crippen LogP contribution is -1.90. The van der Waals surface area contributed by atoms with Gasteiger partial charge < -0.3 is 5.73 Å². The van der Waals surface area contributed by atoms with E-state index >= 15 is 0 Å². The van der Waals surface area contributed by atoms with Crippen molar-refractivity contribution in [1.82, 2.24) is 0 Å². The van der Waals surface area contributed by atoms with Gasteiger partial charge in [-0.05, 0) is 48.4 Å². The third-order valence-corrected chi connectivity index (χ3v) is 3.62. The van der Waals surface area contributed by atoms with Gasteiger partial charge in [0.15, 0.2) is 0 Å². The van der Waals surface area contributed by atoms with Crippen LogP contribution in [0.15, 0.2) is 41.3 Å². The summed E-state index contributed by atoms with van der Waals surface area (Å²) in [5.41, 5.74) is 7.89. The van der Waals surface area contributed by atoms with Crippen molar-refractivity contribution in [2.45, 2.75) is 17.6 Å². The summed E-state index contributed by atoms with van der Waals surface area (Å²) in [4.78, 5) is 0.746. The minimum absolute atomic E-state index is 0.255. The molecule has 2 aromatic carbocycles. The van der Waals surface area contributed by atoms with Crippen LogP contribution in [0.2, 0.25) is 0 Å². The third-order valence-electron chi connectivity index (χ3n) is 2.60. The fourth-order valence-corrected chi connectivity index (χ4v) is 2.67. The van der Waals surface area contributed by atoms with Crippen LogP contribution in [0.5, 0.6) is 0 Å². The lowest BCUT2D eigenvalue weighted by Gasteiger charge is -2.06. The molecule has 0 aromatic heterocycles. The topological polar surface area (TPSA) is 26.0 Å². The first kappa shape index (κ1) is 12.9. The van der Waals surface area contributed by atoms with Crippen molar-refractivity contribution in [3.05, 3.63) is 59.2 Å². The first-order valence-corrected chi connectivity index (χ1v) is 6.47. The van der Waals surface area contributed by atoms with Crippen LogP contribution in [0.1, 0.15) is 11.1 Å². The smallest absolute Gasteiger partial charge is 0.126 e. The summed E-state index contributed by atoms with van der Waals surface area (Å²) in [6.07, 6.45) is 0. The van der Waals surface area contributed by atoms with Gasteiger partial charge in [-0.1, -0.05) is 6.07 Å². The number of aryl methyl sites for hydroxylation is 1. The molecule has 0 bridgehead atoms. The second-order valence-corrected chi connectivity index (χ2v) is 5.13. The SMILES string of the molecule is Cc1ccc(F)cc1CSc1cc(N)cc(F)c1. The van der Waals surface area contributed by atoms with Crippen LogP contribution in [-0.2, 0) is 5.75 Å². The molecule has 1 nitrogen and oxygen atoms in total. The molecule has 18 heavy (non-hydrogen) atoms. The number of hydrogen-bond acceptors (Lipinski definition) is 2. The lowest BCUT2D eigenvalue weighted by molar-refractivity contribution is 0.624. The maximum atomic E-state index is 13.1. The summed E-state index contributed by atoms with van der Waals surface area (Å²) >= 11 is 1.44. The molecule has 0 atom stereocenters. The summed E-state index contributed by atoms with van der Waals surface area (Å²) in [5.74, 6) is -0.0182. The number of halogens is 2. The summed E-state index contributed by atoms with van der Waals surface area (Å²) in [5, 5.41) is 0. The maximum Gasteiger partial charge on any atom is 0.126 e. The average molecular weight is 265 g/mol. The molecule has 0 aliphatic carbocycles. The summed E-state index contributed by atoms with van der Waals surface area (Å²) in [7, 11) is 0. The predicted octanol–water partition coefficient (Wildman–Crippen LogP) is 4.15. The molecule has 0 unspecified atom stereocenters. The molecule has 2 rings (SSSR count). The Morgan fingerprint density at radius 2 is 1.83 bits per heavy atom. The van der Waals surface area contributed by atoms with Crippen LogP contribution in [0.3, 0.4) is 0 Å². The first-order chi connectivity index (χ1) is 8.54. The van der Waals surface area contributed by atoms with Gasteiger partial charge in [0, 0.05) is 16.3 Å². The van der Waals surface area contributed by atoms with E-state index in [4.69, 9.17) is 5.73 Å². The van der Waals surface area contributed by atoms with Gasteiger partial charge in [-0.25, -0.2) is 8.78 Å². The van der Waals surface area contributed by atoms with E-state index < -0.39 is 0 Å². The zero-order valence-electron chi connectivity index (χ0n) is 9.91. The lowest BCUT2D eigenvalue weighted by atomic mass is 10.1. The van der Waals surface area contributed by atoms with E-state index in [0.29, 0.717) is 11.4 Å². The van der Waals surface area contributed by atoms with Crippen molar-refractivity contribution in [3.8, 4) is 0 Å². The molecule has 0 aliphatic heterocycles. The number of thioether (sulfide) groups is 1. The van der Waals surface area contributed by atoms with Crippen LogP contribution in [0, 0.1) is 18.6 Å². The molecular weight excluding hydrogens is 252 g/mol. The second-order valence-electron chi connectivity index (χ2n) is 4.08. The monoisotopic (exact) mass is 265 g/mol. The van der Waals surface area contributed by atoms with Gasteiger partial charge in [0.2, 0.25) is 0 Å². The van der Waals surface area contributed by atoms with Crippen molar-refractivity contribution in [2.75, 3.05) is 5.73 Å². The minimum Gasteiger partial charge on any atom is -0.399 e. The second kappa shape index (κ2) is 5.40. The number of anilines is 1. The van der Waals surface area contributed by atoms with Gasteiger partial charge in [0.25, 0.3) is 0 Å². The van der Waals surface area contributed by atoms with Gasteiger partial charge >= 0.3 is 0 Å². The Morgan fingerprint density at radius 1 is 1.06 bits per heavy atom. The standard InChI is InChI=1S/C14H13F2NS/c1-9-2-3-11(15)4-10(9)8-18-14-6-12(16)5-13(17)7-14/h2-7H,8,17H2,1H3. The van der Waals surface area contributed by atoms with Crippen LogP contribution < -0.4 is 5.73 Å². The van der Waals surface area contributed by atoms with Crippen LogP contribution in [0.4, 0.5) is 14.5 Å². The zero-order chi connectivity index (χ0) is 13.1. The molecule has 0 aliphatic rings. The molecule has 4 heteroatoms. The molecule has 0 saturated heterocycles. The van der Waals surface area contributed by atoms with Crippen LogP contribution in [0.25, 0.3) is 0 Å². The largest absolute Gasteiger partial charge is 0.399 e. The van der Waals surface area contributed by atoms with E-state index in [1.807, 2.05) is 6.92 Å². The third kappa shape index (κ3) is 3.23. The van der Waals surface area contributed by atoms with Gasteiger partial charge in [-0.2, -0.15) is 0 Å². The predicted molar refractivity (Wildman–Crippen MR) is 71.5 cm³/mol. The van der Waals surface area contributed by atoms with Crippen LogP contribution in [-0.4, -0.2) is 0 Å². The fourth-order valence-electron chi connectivity index (χ4n) is 1.62. The molecule has 0 spiro atoms. The van der Waals surface area contributed by atoms with E-state index in [1.54, 1.807) is 12.1 Å². The number of nitrogens with two attached hydrogens (primary N) is 1. The average Bonchev–Trinajstić information content (AvgIpc) is 2.29. The van der Waals surface area contributed by atoms with E-state index in [9.17, 15) is 8.78 Å². The van der Waals surface area contributed by atoms with Gasteiger partial charge in [-0.3, -0.25) is 0 Å². The maximum absolute atomic E-state index is 13.1. The highest BCUT2D eigenvalue weighted by atomic mass is 32.2. The highest BCUT2D eigenvalue weighted by molar-refractivity contribution is 7.98. The van der Waals surface area contributed by atoms with E-state index in [1.165, 1.54) is 36.0 Å². The Labute approximate surface area is 109 Å². The van der Waals surface area contributed by atoms with Crippen molar-refractivity contribution < 1.29 is 8.78 Å². The number of rotatable bonds is 3. The Hall–Kier alpha value is -1.55. The summed E-state index contributed by atoms with van der Waals surface area (Å²) < 4.78 is 26.3. The molecule has 0 heterocycles. The molecule has 2 N–H and O–H groups in total. The molecule has 0 radical (unpaired) electrons. The highest BCUT2D eigenvalue weighted by Gasteiger charge is 2.04. The molecule has 94 valence electrons. The molecule has 2 aromatic rings. The van der Waals surface area contributed by atoms with Gasteiger partial charge in [-0.15, -0.1) is 11.8 Å². The van der Waals surface area contributed by atoms with E-state index in [-0.39, 0.29) is 11.6 Å². The number of benzene rings is 2. The first-order valence-electron chi connectivity index (χ1n) is 5.48. The van der Waals surface area contributed by atoms with Crippen LogP contribution >= 0.6 is 11.8 Å². The minimum atomic E-state index is -0.353. The normalized spacial score (nSPS) is 10.6. The fraction of sp³-hybridized carbons (Fsp3) is 0.143.